The van der Waals surface area contributed by atoms with Gasteiger partial charge in [0, 0.05) is 11.6 Å². The molecule has 5 nitrogen and oxygen atoms in total. The van der Waals surface area contributed by atoms with Crippen molar-refractivity contribution in [2.75, 3.05) is 0 Å². The van der Waals surface area contributed by atoms with Crippen molar-refractivity contribution in [3.8, 4) is 0 Å². The van der Waals surface area contributed by atoms with Crippen LogP contribution in [0.15, 0.2) is 71.9 Å². The van der Waals surface area contributed by atoms with E-state index in [0.717, 1.165) is 12.3 Å². The van der Waals surface area contributed by atoms with Gasteiger partial charge in [-0.25, -0.2) is 0 Å². The lowest BCUT2D eigenvalue weighted by molar-refractivity contribution is -0.403. The molecule has 0 saturated carbocycles. The maximum atomic E-state index is 10.3. The van der Waals surface area contributed by atoms with E-state index in [-0.39, 0.29) is 0 Å². The smallest absolute Gasteiger partial charge is 0.274 e. The third kappa shape index (κ3) is 5.17. The third-order valence-corrected chi connectivity index (χ3v) is 1.82. The van der Waals surface area contributed by atoms with Gasteiger partial charge in [-0.2, -0.15) is 0 Å². The molecule has 5 heteroatoms. The molecular weight excluding hydrogens is 222 g/mol. The van der Waals surface area contributed by atoms with E-state index in [1.165, 1.54) is 0 Å². The summed E-state index contributed by atoms with van der Waals surface area (Å²) in [5.41, 5.74) is 1.00. The Bertz CT molecular complexity index is 475. The Kier molecular flexibility index (Phi) is 4.50. The Morgan fingerprint density at radius 3 is 2.47 bits per heavy atom. The first-order valence-electron chi connectivity index (χ1n) is 4.76. The topological polar surface area (TPSA) is 83.6 Å². The van der Waals surface area contributed by atoms with Crippen LogP contribution >= 0.6 is 0 Å². The predicted molar refractivity (Wildman–Crippen MR) is 63.9 cm³/mol. The van der Waals surface area contributed by atoms with Crippen LogP contribution in [0.1, 0.15) is 0 Å². The summed E-state index contributed by atoms with van der Waals surface area (Å²) in [6, 6.07) is 0. The van der Waals surface area contributed by atoms with E-state index >= 15 is 0 Å². The van der Waals surface area contributed by atoms with Crippen LogP contribution in [0.25, 0.3) is 0 Å². The summed E-state index contributed by atoms with van der Waals surface area (Å²) >= 11 is 0. The SMILES string of the molecule is O=[N+]([O-])C=C1C=CC=C(C=C(O)O)C=C/C=C/1. The van der Waals surface area contributed by atoms with E-state index in [1.54, 1.807) is 42.5 Å². The Morgan fingerprint density at radius 2 is 1.82 bits per heavy atom. The zero-order chi connectivity index (χ0) is 12.7. The van der Waals surface area contributed by atoms with Gasteiger partial charge in [0.25, 0.3) is 5.95 Å². The lowest BCUT2D eigenvalue weighted by Crippen LogP contribution is -1.85. The van der Waals surface area contributed by atoms with E-state index in [2.05, 4.69) is 0 Å². The number of hydrogen-bond acceptors (Lipinski definition) is 4. The van der Waals surface area contributed by atoms with Crippen LogP contribution < -0.4 is 0 Å². The fraction of sp³-hybridized carbons (Fsp3) is 0. The average Bonchev–Trinajstić information content (AvgIpc) is 2.30. The molecule has 1 aliphatic carbocycles. The maximum absolute atomic E-state index is 10.3. The summed E-state index contributed by atoms with van der Waals surface area (Å²) in [4.78, 5) is 9.78. The second kappa shape index (κ2) is 6.12. The van der Waals surface area contributed by atoms with Crippen LogP contribution in [0.4, 0.5) is 0 Å². The number of rotatable bonds is 2. The molecule has 0 saturated heterocycles. The molecule has 0 aromatic rings. The van der Waals surface area contributed by atoms with E-state index in [0.29, 0.717) is 11.1 Å². The van der Waals surface area contributed by atoms with Gasteiger partial charge < -0.3 is 10.2 Å². The van der Waals surface area contributed by atoms with E-state index < -0.39 is 10.9 Å². The van der Waals surface area contributed by atoms with Crippen molar-refractivity contribution < 1.29 is 15.1 Å². The van der Waals surface area contributed by atoms with Gasteiger partial charge in [0.1, 0.15) is 0 Å². The predicted octanol–water partition coefficient (Wildman–Crippen LogP) is 2.71. The minimum absolute atomic E-state index is 0.439. The summed E-state index contributed by atoms with van der Waals surface area (Å²) < 4.78 is 0. The van der Waals surface area contributed by atoms with E-state index in [1.807, 2.05) is 0 Å². The van der Waals surface area contributed by atoms with Crippen LogP contribution in [0.5, 0.6) is 0 Å². The highest BCUT2D eigenvalue weighted by molar-refractivity contribution is 5.41. The highest BCUT2D eigenvalue weighted by Crippen LogP contribution is 2.08. The van der Waals surface area contributed by atoms with Crippen molar-refractivity contribution in [1.29, 1.82) is 0 Å². The fourth-order valence-electron chi connectivity index (χ4n) is 1.17. The standard InChI is InChI=1S/C12H11NO4/c14-12(15)8-10-4-1-2-5-11(7-3-6-10)9-13(16)17/h1-9,14-15H/b4-1?,5-2+,7-3?,10-6?,11-9?. The molecule has 1 rings (SSSR count). The van der Waals surface area contributed by atoms with Crippen LogP contribution in [-0.4, -0.2) is 15.1 Å². The van der Waals surface area contributed by atoms with Crippen LogP contribution in [0, 0.1) is 10.1 Å². The zero-order valence-corrected chi connectivity index (χ0v) is 8.85. The Hall–Kier alpha value is -2.56. The number of nitro groups is 1. The molecular formula is C12H11NO4. The second-order valence-corrected chi connectivity index (χ2v) is 3.16. The summed E-state index contributed by atoms with van der Waals surface area (Å²) in [6.07, 6.45) is 13.3. The first-order chi connectivity index (χ1) is 8.08. The Balaban J connectivity index is 3.02. The van der Waals surface area contributed by atoms with Gasteiger partial charge in [-0.3, -0.25) is 10.1 Å². The summed E-state index contributed by atoms with van der Waals surface area (Å²) in [7, 11) is 0. The van der Waals surface area contributed by atoms with Gasteiger partial charge in [0.15, 0.2) is 0 Å². The monoisotopic (exact) mass is 233 g/mol. The highest BCUT2D eigenvalue weighted by Gasteiger charge is 1.95. The van der Waals surface area contributed by atoms with E-state index in [4.69, 9.17) is 10.2 Å². The largest absolute Gasteiger partial charge is 0.481 e. The Labute approximate surface area is 97.9 Å². The van der Waals surface area contributed by atoms with Gasteiger partial charge in [0.05, 0.1) is 4.92 Å². The van der Waals surface area contributed by atoms with Crippen LogP contribution in [0.3, 0.4) is 0 Å². The fourth-order valence-corrected chi connectivity index (χ4v) is 1.17. The lowest BCUT2D eigenvalue weighted by Gasteiger charge is -1.91. The first kappa shape index (κ1) is 12.5. The molecule has 0 aliphatic heterocycles. The highest BCUT2D eigenvalue weighted by atomic mass is 16.6. The molecule has 0 heterocycles. The third-order valence-electron chi connectivity index (χ3n) is 1.82. The molecule has 0 unspecified atom stereocenters. The molecule has 17 heavy (non-hydrogen) atoms. The molecule has 0 aromatic heterocycles. The molecule has 2 N–H and O–H groups in total. The Morgan fingerprint density at radius 1 is 1.18 bits per heavy atom. The zero-order valence-electron chi connectivity index (χ0n) is 8.85. The second-order valence-electron chi connectivity index (χ2n) is 3.16. The summed E-state index contributed by atoms with van der Waals surface area (Å²) in [5.74, 6) is -0.793. The van der Waals surface area contributed by atoms with Crippen molar-refractivity contribution in [3.05, 3.63) is 82.0 Å². The first-order valence-corrected chi connectivity index (χ1v) is 4.76. The van der Waals surface area contributed by atoms with Crippen LogP contribution in [-0.2, 0) is 0 Å². The molecule has 0 radical (unpaired) electrons. The van der Waals surface area contributed by atoms with E-state index in [9.17, 15) is 10.1 Å². The molecule has 0 atom stereocenters. The van der Waals surface area contributed by atoms with Gasteiger partial charge in [-0.1, -0.05) is 30.4 Å². The van der Waals surface area contributed by atoms with Crippen molar-refractivity contribution in [2.45, 2.75) is 0 Å². The quantitative estimate of drug-likeness (QED) is 0.436. The average molecular weight is 233 g/mol. The summed E-state index contributed by atoms with van der Waals surface area (Å²) in [6.45, 7) is 0. The molecule has 88 valence electrons. The molecule has 0 amide bonds. The number of allylic oxidation sites excluding steroid dienone is 10. The summed E-state index contributed by atoms with van der Waals surface area (Å²) in [5, 5.41) is 27.7. The number of aliphatic hydroxyl groups excluding tert-OH is 1. The van der Waals surface area contributed by atoms with Crippen LogP contribution in [0.2, 0.25) is 0 Å². The van der Waals surface area contributed by atoms with Gasteiger partial charge in [-0.15, -0.1) is 0 Å². The van der Waals surface area contributed by atoms with Crippen molar-refractivity contribution in [1.82, 2.24) is 0 Å². The minimum atomic E-state index is -0.793. The van der Waals surface area contributed by atoms with Crippen molar-refractivity contribution in [3.63, 3.8) is 0 Å². The molecule has 0 fully saturated rings. The molecule has 0 aromatic carbocycles. The van der Waals surface area contributed by atoms with Crippen molar-refractivity contribution in [2.24, 2.45) is 0 Å². The van der Waals surface area contributed by atoms with Gasteiger partial charge >= 0.3 is 0 Å². The van der Waals surface area contributed by atoms with Crippen molar-refractivity contribution >= 4 is 0 Å². The normalized spacial score (nSPS) is 18.8. The lowest BCUT2D eigenvalue weighted by atomic mass is 10.2. The molecule has 0 bridgehead atoms. The number of hydrogen-bond donors (Lipinski definition) is 2. The molecule has 0 spiro atoms. The number of nitrogens with zero attached hydrogens (tertiary/aromatic N) is 1. The molecule has 1 aliphatic rings. The van der Waals surface area contributed by atoms with Gasteiger partial charge in [0.2, 0.25) is 6.20 Å². The number of aliphatic hydroxyl groups is 2. The van der Waals surface area contributed by atoms with Gasteiger partial charge in [-0.05, 0) is 17.7 Å². The minimum Gasteiger partial charge on any atom is -0.481 e. The maximum Gasteiger partial charge on any atom is 0.274 e.